The second-order valence-corrected chi connectivity index (χ2v) is 13.5. The van der Waals surface area contributed by atoms with Crippen LogP contribution in [0.1, 0.15) is 166 Å². The Kier molecular flexibility index (Phi) is 17.5. The van der Waals surface area contributed by atoms with E-state index in [1.165, 1.54) is 139 Å². The van der Waals surface area contributed by atoms with E-state index in [0.29, 0.717) is 5.92 Å². The van der Waals surface area contributed by atoms with E-state index in [2.05, 4.69) is 103 Å². The minimum Gasteiger partial charge on any atom is -0.247 e. The van der Waals surface area contributed by atoms with Crippen LogP contribution in [-0.4, -0.2) is 4.98 Å². The third-order valence-electron chi connectivity index (χ3n) is 9.84. The van der Waals surface area contributed by atoms with Gasteiger partial charge in [0.25, 0.3) is 5.82 Å². The van der Waals surface area contributed by atoms with Crippen molar-refractivity contribution in [2.75, 3.05) is 0 Å². The zero-order chi connectivity index (χ0) is 30.4. The first kappa shape index (κ1) is 35.1. The van der Waals surface area contributed by atoms with Crippen molar-refractivity contribution in [3.63, 3.8) is 0 Å². The van der Waals surface area contributed by atoms with Gasteiger partial charge in [-0.05, 0) is 36.8 Å². The monoisotopic (exact) mass is 586 g/mol. The molecular formula is C41H65N2+. The van der Waals surface area contributed by atoms with E-state index in [4.69, 9.17) is 0 Å². The maximum Gasteiger partial charge on any atom is 0.258 e. The van der Waals surface area contributed by atoms with E-state index in [1.54, 1.807) is 0 Å². The number of nitrogens with one attached hydrogen (secondary N) is 1. The van der Waals surface area contributed by atoms with Gasteiger partial charge in [0.05, 0.1) is 12.5 Å². The van der Waals surface area contributed by atoms with Crippen LogP contribution < -0.4 is 4.57 Å². The summed E-state index contributed by atoms with van der Waals surface area (Å²) in [6, 6.07) is 22.6. The van der Waals surface area contributed by atoms with Gasteiger partial charge in [-0.3, -0.25) is 0 Å². The second kappa shape index (κ2) is 21.4. The number of unbranched alkanes of at least 4 members (excludes halogenated alkanes) is 16. The third kappa shape index (κ3) is 12.7. The summed E-state index contributed by atoms with van der Waals surface area (Å²) in [6.07, 6.45) is 31.6. The van der Waals surface area contributed by atoms with Crippen molar-refractivity contribution in [2.24, 2.45) is 0 Å². The molecule has 2 atom stereocenters. The van der Waals surface area contributed by atoms with Gasteiger partial charge in [0.1, 0.15) is 12.4 Å². The molecule has 0 aliphatic heterocycles. The maximum absolute atomic E-state index is 3.79. The highest BCUT2D eigenvalue weighted by atomic mass is 15.1. The Morgan fingerprint density at radius 1 is 0.605 bits per heavy atom. The maximum atomic E-state index is 3.79. The standard InChI is InChI=1S/C41H64N2/c1-4-6-8-10-12-14-15-16-18-26-32-39(40-42-33-35-43(40)34-27-19-17-13-11-9-7-5-2)41(3,38-30-24-21-25-31-38)36-37-28-22-20-23-29-37/h20-25,28-31,33,35,39H,4-19,26-27,32,34,36H2,1-3H3/p+1. The Balaban J connectivity index is 1.70. The lowest BCUT2D eigenvalue weighted by Gasteiger charge is -2.37. The van der Waals surface area contributed by atoms with Gasteiger partial charge in [-0.2, -0.15) is 0 Å². The van der Waals surface area contributed by atoms with Gasteiger partial charge in [0, 0.05) is 5.41 Å². The van der Waals surface area contributed by atoms with Gasteiger partial charge in [0.2, 0.25) is 0 Å². The number of nitrogens with zero attached hydrogens (tertiary/aromatic N) is 1. The summed E-state index contributed by atoms with van der Waals surface area (Å²) < 4.78 is 2.57. The predicted octanol–water partition coefficient (Wildman–Crippen LogP) is 12.0. The summed E-state index contributed by atoms with van der Waals surface area (Å²) in [4.78, 5) is 3.79. The molecule has 43 heavy (non-hydrogen) atoms. The van der Waals surface area contributed by atoms with Gasteiger partial charge in [-0.15, -0.1) is 0 Å². The van der Waals surface area contributed by atoms with E-state index < -0.39 is 0 Å². The Hall–Kier alpha value is -2.35. The van der Waals surface area contributed by atoms with Crippen LogP contribution >= 0.6 is 0 Å². The normalized spacial score (nSPS) is 13.7. The molecule has 2 nitrogen and oxygen atoms in total. The lowest BCUT2D eigenvalue weighted by atomic mass is 9.66. The minimum atomic E-state index is 0.00771. The Bertz CT molecular complexity index is 1060. The fourth-order valence-corrected chi connectivity index (χ4v) is 7.15. The average Bonchev–Trinajstić information content (AvgIpc) is 3.50. The number of H-pyrrole nitrogens is 1. The second-order valence-electron chi connectivity index (χ2n) is 13.5. The zero-order valence-electron chi connectivity index (χ0n) is 28.3. The molecular weight excluding hydrogens is 520 g/mol. The highest BCUT2D eigenvalue weighted by molar-refractivity contribution is 5.32. The molecule has 2 unspecified atom stereocenters. The molecule has 0 saturated carbocycles. The average molecular weight is 586 g/mol. The summed E-state index contributed by atoms with van der Waals surface area (Å²) >= 11 is 0. The minimum absolute atomic E-state index is 0.00771. The molecule has 3 rings (SSSR count). The molecule has 1 aromatic heterocycles. The van der Waals surface area contributed by atoms with Gasteiger partial charge < -0.3 is 0 Å². The first-order valence-electron chi connectivity index (χ1n) is 18.3. The van der Waals surface area contributed by atoms with Crippen LogP contribution in [0.15, 0.2) is 73.1 Å². The van der Waals surface area contributed by atoms with Crippen LogP contribution in [0.2, 0.25) is 0 Å². The van der Waals surface area contributed by atoms with Crippen LogP contribution in [-0.2, 0) is 18.4 Å². The van der Waals surface area contributed by atoms with Crippen molar-refractivity contribution in [2.45, 2.75) is 167 Å². The first-order chi connectivity index (χ1) is 21.2. The lowest BCUT2D eigenvalue weighted by molar-refractivity contribution is -0.705. The van der Waals surface area contributed by atoms with Crippen LogP contribution in [0, 0.1) is 0 Å². The van der Waals surface area contributed by atoms with Gasteiger partial charge in [-0.1, -0.05) is 184 Å². The number of aromatic amines is 1. The molecule has 0 bridgehead atoms. The number of imidazole rings is 1. The van der Waals surface area contributed by atoms with Crippen molar-refractivity contribution in [1.29, 1.82) is 0 Å². The van der Waals surface area contributed by atoms with Crippen LogP contribution in [0.3, 0.4) is 0 Å². The molecule has 2 heteroatoms. The van der Waals surface area contributed by atoms with Crippen molar-refractivity contribution in [3.8, 4) is 0 Å². The quantitative estimate of drug-likeness (QED) is 0.0753. The number of aryl methyl sites for hydroxylation is 1. The zero-order valence-corrected chi connectivity index (χ0v) is 28.3. The molecule has 0 fully saturated rings. The molecule has 1 heterocycles. The number of hydrogen-bond acceptors (Lipinski definition) is 0. The van der Waals surface area contributed by atoms with Gasteiger partial charge in [0.15, 0.2) is 0 Å². The fraction of sp³-hybridized carbons (Fsp3) is 0.634. The SMILES string of the molecule is CCCCCCCCCCCCC(c1[nH]cc[n+]1CCCCCCCCCC)C(C)(Cc1ccccc1)c1ccccc1. The molecule has 0 aliphatic rings. The molecule has 0 saturated heterocycles. The highest BCUT2D eigenvalue weighted by Crippen LogP contribution is 2.43. The molecule has 0 aliphatic carbocycles. The van der Waals surface area contributed by atoms with E-state index in [1.807, 2.05) is 0 Å². The summed E-state index contributed by atoms with van der Waals surface area (Å²) in [5, 5.41) is 0. The summed E-state index contributed by atoms with van der Waals surface area (Å²) in [7, 11) is 0. The van der Waals surface area contributed by atoms with Gasteiger partial charge >= 0.3 is 0 Å². The van der Waals surface area contributed by atoms with Crippen LogP contribution in [0.5, 0.6) is 0 Å². The smallest absolute Gasteiger partial charge is 0.247 e. The highest BCUT2D eigenvalue weighted by Gasteiger charge is 2.41. The van der Waals surface area contributed by atoms with Crippen LogP contribution in [0.25, 0.3) is 0 Å². The molecule has 2 aromatic carbocycles. The first-order valence-corrected chi connectivity index (χ1v) is 18.3. The third-order valence-corrected chi connectivity index (χ3v) is 9.84. The van der Waals surface area contributed by atoms with Crippen molar-refractivity contribution in [1.82, 2.24) is 4.98 Å². The van der Waals surface area contributed by atoms with Gasteiger partial charge in [-0.25, -0.2) is 9.55 Å². The molecule has 0 amide bonds. The number of hydrogen-bond donors (Lipinski definition) is 1. The fourth-order valence-electron chi connectivity index (χ4n) is 7.15. The molecule has 0 radical (unpaired) electrons. The Morgan fingerprint density at radius 2 is 1.09 bits per heavy atom. The van der Waals surface area contributed by atoms with E-state index in [-0.39, 0.29) is 5.41 Å². The topological polar surface area (TPSA) is 19.7 Å². The largest absolute Gasteiger partial charge is 0.258 e. The summed E-state index contributed by atoms with van der Waals surface area (Å²) in [5.41, 5.74) is 2.90. The molecule has 0 spiro atoms. The molecule has 1 N–H and O–H groups in total. The Labute approximate surface area is 266 Å². The molecule has 3 aromatic rings. The van der Waals surface area contributed by atoms with E-state index >= 15 is 0 Å². The van der Waals surface area contributed by atoms with E-state index in [9.17, 15) is 0 Å². The summed E-state index contributed by atoms with van der Waals surface area (Å²) in [5.74, 6) is 1.87. The van der Waals surface area contributed by atoms with Crippen LogP contribution in [0.4, 0.5) is 0 Å². The molecule has 238 valence electrons. The number of rotatable bonds is 25. The van der Waals surface area contributed by atoms with Crippen molar-refractivity contribution >= 4 is 0 Å². The van der Waals surface area contributed by atoms with Crippen molar-refractivity contribution in [3.05, 3.63) is 90.0 Å². The van der Waals surface area contributed by atoms with E-state index in [0.717, 1.165) is 13.0 Å². The Morgan fingerprint density at radius 3 is 1.65 bits per heavy atom. The number of aromatic nitrogens is 2. The number of benzene rings is 2. The summed E-state index contributed by atoms with van der Waals surface area (Å²) in [6.45, 7) is 8.27. The van der Waals surface area contributed by atoms with Crippen molar-refractivity contribution < 1.29 is 4.57 Å². The lowest BCUT2D eigenvalue weighted by Crippen LogP contribution is -2.43. The predicted molar refractivity (Wildman–Crippen MR) is 187 cm³/mol.